The van der Waals surface area contributed by atoms with E-state index in [1.54, 1.807) is 6.07 Å². The molecule has 0 aliphatic rings. The van der Waals surface area contributed by atoms with Crippen molar-refractivity contribution < 1.29 is 22.6 Å². The standard InChI is InChI=1S/C12H15F3O2S/c1-11(2,8-18)7-16-9-5-3-4-6-10(9)17-12(13,14)15/h3-6,18H,7-8H2,1-2H3. The summed E-state index contributed by atoms with van der Waals surface area (Å²) in [6.07, 6.45) is -4.72. The molecular formula is C12H15F3O2S. The monoisotopic (exact) mass is 280 g/mol. The van der Waals surface area contributed by atoms with E-state index in [9.17, 15) is 13.2 Å². The minimum Gasteiger partial charge on any atom is -0.489 e. The Morgan fingerprint density at radius 2 is 1.67 bits per heavy atom. The van der Waals surface area contributed by atoms with Gasteiger partial charge in [0, 0.05) is 5.41 Å². The Labute approximate surface area is 109 Å². The lowest BCUT2D eigenvalue weighted by Gasteiger charge is -2.23. The molecule has 1 aromatic carbocycles. The van der Waals surface area contributed by atoms with Gasteiger partial charge in [0.1, 0.15) is 0 Å². The molecule has 1 aromatic rings. The second kappa shape index (κ2) is 5.73. The van der Waals surface area contributed by atoms with Crippen LogP contribution in [-0.2, 0) is 0 Å². The average Bonchev–Trinajstić information content (AvgIpc) is 2.26. The second-order valence-corrected chi connectivity index (χ2v) is 4.92. The summed E-state index contributed by atoms with van der Waals surface area (Å²) in [5.74, 6) is 0.305. The maximum atomic E-state index is 12.2. The molecule has 0 fully saturated rings. The van der Waals surface area contributed by atoms with Crippen molar-refractivity contribution >= 4 is 12.6 Å². The fraction of sp³-hybridized carbons (Fsp3) is 0.500. The smallest absolute Gasteiger partial charge is 0.489 e. The van der Waals surface area contributed by atoms with Gasteiger partial charge in [0.25, 0.3) is 0 Å². The van der Waals surface area contributed by atoms with Gasteiger partial charge in [0.2, 0.25) is 0 Å². The van der Waals surface area contributed by atoms with Gasteiger partial charge in [-0.2, -0.15) is 12.6 Å². The fourth-order valence-electron chi connectivity index (χ4n) is 1.10. The minimum atomic E-state index is -4.72. The molecule has 0 radical (unpaired) electrons. The fourth-order valence-corrected chi connectivity index (χ4v) is 1.19. The first-order valence-corrected chi connectivity index (χ1v) is 5.95. The van der Waals surface area contributed by atoms with Gasteiger partial charge in [0.15, 0.2) is 11.5 Å². The normalized spacial score (nSPS) is 12.3. The van der Waals surface area contributed by atoms with Crippen molar-refractivity contribution in [3.63, 3.8) is 0 Å². The summed E-state index contributed by atoms with van der Waals surface area (Å²) in [6, 6.07) is 5.70. The molecule has 0 saturated heterocycles. The highest BCUT2D eigenvalue weighted by Crippen LogP contribution is 2.32. The van der Waals surface area contributed by atoms with Crippen molar-refractivity contribution in [2.24, 2.45) is 5.41 Å². The van der Waals surface area contributed by atoms with E-state index in [1.165, 1.54) is 18.2 Å². The van der Waals surface area contributed by atoms with Gasteiger partial charge in [-0.3, -0.25) is 0 Å². The third kappa shape index (κ3) is 5.08. The Bertz CT molecular complexity index is 391. The summed E-state index contributed by atoms with van der Waals surface area (Å²) in [5.41, 5.74) is -0.228. The molecule has 0 saturated carbocycles. The summed E-state index contributed by atoms with van der Waals surface area (Å²) < 4.78 is 45.8. The van der Waals surface area contributed by atoms with Gasteiger partial charge in [-0.25, -0.2) is 0 Å². The third-order valence-corrected chi connectivity index (χ3v) is 2.98. The Kier molecular flexibility index (Phi) is 4.78. The highest BCUT2D eigenvalue weighted by molar-refractivity contribution is 7.80. The van der Waals surface area contributed by atoms with Crippen molar-refractivity contribution in [2.45, 2.75) is 20.2 Å². The molecule has 0 amide bonds. The van der Waals surface area contributed by atoms with E-state index in [0.717, 1.165) is 0 Å². The van der Waals surface area contributed by atoms with Gasteiger partial charge in [-0.1, -0.05) is 26.0 Å². The highest BCUT2D eigenvalue weighted by atomic mass is 32.1. The maximum Gasteiger partial charge on any atom is 0.573 e. The second-order valence-electron chi connectivity index (χ2n) is 4.61. The van der Waals surface area contributed by atoms with Crippen LogP contribution in [0.1, 0.15) is 13.8 Å². The molecule has 18 heavy (non-hydrogen) atoms. The Balaban J connectivity index is 2.77. The van der Waals surface area contributed by atoms with Crippen LogP contribution in [0.4, 0.5) is 13.2 Å². The van der Waals surface area contributed by atoms with Gasteiger partial charge < -0.3 is 9.47 Å². The number of thiol groups is 1. The highest BCUT2D eigenvalue weighted by Gasteiger charge is 2.32. The minimum absolute atomic E-state index is 0.0738. The van der Waals surface area contributed by atoms with Gasteiger partial charge >= 0.3 is 6.36 Å². The topological polar surface area (TPSA) is 18.5 Å². The summed E-state index contributed by atoms with van der Waals surface area (Å²) >= 11 is 4.15. The molecule has 0 N–H and O–H groups in total. The van der Waals surface area contributed by atoms with Gasteiger partial charge in [-0.05, 0) is 17.9 Å². The molecule has 0 aromatic heterocycles. The molecular weight excluding hydrogens is 265 g/mol. The van der Waals surface area contributed by atoms with E-state index in [1.807, 2.05) is 13.8 Å². The van der Waals surface area contributed by atoms with Crippen LogP contribution >= 0.6 is 12.6 Å². The Morgan fingerprint density at radius 3 is 2.17 bits per heavy atom. The van der Waals surface area contributed by atoms with Crippen molar-refractivity contribution in [1.82, 2.24) is 0 Å². The molecule has 2 nitrogen and oxygen atoms in total. The SMILES string of the molecule is CC(C)(CS)COc1ccccc1OC(F)(F)F. The molecule has 1 rings (SSSR count). The number of hydrogen-bond acceptors (Lipinski definition) is 3. The number of halogens is 3. The lowest BCUT2D eigenvalue weighted by molar-refractivity contribution is -0.275. The van der Waals surface area contributed by atoms with Crippen LogP contribution in [0.2, 0.25) is 0 Å². The van der Waals surface area contributed by atoms with Gasteiger partial charge in [-0.15, -0.1) is 13.2 Å². The van der Waals surface area contributed by atoms with Crippen molar-refractivity contribution in [2.75, 3.05) is 12.4 Å². The van der Waals surface area contributed by atoms with Crippen LogP contribution in [0.5, 0.6) is 11.5 Å². The number of para-hydroxylation sites is 2. The average molecular weight is 280 g/mol. The van der Waals surface area contributed by atoms with Crippen LogP contribution in [-0.4, -0.2) is 18.7 Å². The van der Waals surface area contributed by atoms with E-state index in [-0.39, 0.29) is 23.5 Å². The summed E-state index contributed by atoms with van der Waals surface area (Å²) in [4.78, 5) is 0. The number of benzene rings is 1. The zero-order chi connectivity index (χ0) is 13.8. The first kappa shape index (κ1) is 15.0. The Hall–Kier alpha value is -1.04. The van der Waals surface area contributed by atoms with Crippen LogP contribution in [0.25, 0.3) is 0 Å². The Morgan fingerprint density at radius 1 is 1.11 bits per heavy atom. The quantitative estimate of drug-likeness (QED) is 0.824. The summed E-state index contributed by atoms with van der Waals surface area (Å²) in [7, 11) is 0. The van der Waals surface area contributed by atoms with E-state index >= 15 is 0 Å². The molecule has 102 valence electrons. The molecule has 0 atom stereocenters. The summed E-state index contributed by atoms with van der Waals surface area (Å²) in [6.45, 7) is 4.08. The van der Waals surface area contributed by atoms with E-state index in [2.05, 4.69) is 17.4 Å². The molecule has 0 bridgehead atoms. The number of alkyl halides is 3. The molecule has 0 spiro atoms. The number of rotatable bonds is 5. The van der Waals surface area contributed by atoms with Crippen LogP contribution < -0.4 is 9.47 Å². The van der Waals surface area contributed by atoms with Crippen LogP contribution in [0.15, 0.2) is 24.3 Å². The molecule has 0 aliphatic carbocycles. The zero-order valence-corrected chi connectivity index (χ0v) is 11.0. The molecule has 0 unspecified atom stereocenters. The first-order chi connectivity index (χ1) is 8.23. The molecule has 6 heteroatoms. The van der Waals surface area contributed by atoms with Crippen molar-refractivity contribution in [3.8, 4) is 11.5 Å². The van der Waals surface area contributed by atoms with E-state index in [0.29, 0.717) is 5.75 Å². The van der Waals surface area contributed by atoms with Crippen molar-refractivity contribution in [1.29, 1.82) is 0 Å². The largest absolute Gasteiger partial charge is 0.573 e. The van der Waals surface area contributed by atoms with Crippen LogP contribution in [0, 0.1) is 5.41 Å². The lowest BCUT2D eigenvalue weighted by atomic mass is 9.98. The predicted molar refractivity (Wildman–Crippen MR) is 66.3 cm³/mol. The number of hydrogen-bond donors (Lipinski definition) is 1. The maximum absolute atomic E-state index is 12.2. The molecule has 0 heterocycles. The van der Waals surface area contributed by atoms with Crippen LogP contribution in [0.3, 0.4) is 0 Å². The lowest BCUT2D eigenvalue weighted by Crippen LogP contribution is -2.24. The zero-order valence-electron chi connectivity index (χ0n) is 10.1. The number of ether oxygens (including phenoxy) is 2. The van der Waals surface area contributed by atoms with Crippen molar-refractivity contribution in [3.05, 3.63) is 24.3 Å². The van der Waals surface area contributed by atoms with E-state index in [4.69, 9.17) is 4.74 Å². The molecule has 0 aliphatic heterocycles. The third-order valence-electron chi connectivity index (χ3n) is 2.12. The van der Waals surface area contributed by atoms with Gasteiger partial charge in [0.05, 0.1) is 6.61 Å². The predicted octanol–water partition coefficient (Wildman–Crippen LogP) is 3.92. The summed E-state index contributed by atoms with van der Waals surface area (Å²) in [5, 5.41) is 0. The van der Waals surface area contributed by atoms with E-state index < -0.39 is 6.36 Å². The first-order valence-electron chi connectivity index (χ1n) is 5.32.